The maximum atomic E-state index is 4.67. The molecule has 0 aliphatic rings. The minimum Gasteiger partial charge on any atom is -0.364 e. The Morgan fingerprint density at radius 3 is 2.75 bits per heavy atom. The van der Waals surface area contributed by atoms with Gasteiger partial charge in [-0.15, -0.1) is 6.42 Å². The summed E-state index contributed by atoms with van der Waals surface area (Å²) < 4.78 is 4.67. The largest absolute Gasteiger partial charge is 1.00 e. The summed E-state index contributed by atoms with van der Waals surface area (Å²) in [7, 11) is 0. The van der Waals surface area contributed by atoms with Crippen LogP contribution >= 0.6 is 0 Å². The molecule has 2 nitrogen and oxygen atoms in total. The molecule has 8 heavy (non-hydrogen) atoms. The zero-order valence-corrected chi connectivity index (χ0v) is 8.05. The van der Waals surface area contributed by atoms with Gasteiger partial charge in [0.1, 0.15) is 5.76 Å². The van der Waals surface area contributed by atoms with Gasteiger partial charge >= 0.3 is 51.4 Å². The van der Waals surface area contributed by atoms with Gasteiger partial charge < -0.3 is 11.4 Å². The van der Waals surface area contributed by atoms with Crippen molar-refractivity contribution in [2.45, 2.75) is 6.42 Å². The standard InChI is InChI=1S/C5H6NO.K/c1-2-5-3-4-6-7-5;/h3-4H,1-2H2;/q-1;+1. The second-order valence-electron chi connectivity index (χ2n) is 1.23. The molecular weight excluding hydrogens is 129 g/mol. The van der Waals surface area contributed by atoms with Crippen LogP contribution in [0.3, 0.4) is 0 Å². The average Bonchev–Trinajstić information content (AvgIpc) is 2.14. The summed E-state index contributed by atoms with van der Waals surface area (Å²) in [6.45, 7) is 3.59. The van der Waals surface area contributed by atoms with E-state index >= 15 is 0 Å². The van der Waals surface area contributed by atoms with E-state index in [4.69, 9.17) is 0 Å². The fourth-order valence-corrected chi connectivity index (χ4v) is 0.371. The van der Waals surface area contributed by atoms with Crippen molar-refractivity contribution in [3.63, 3.8) is 0 Å². The SMILES string of the molecule is [CH2-]Cc1ccno1.[K+]. The van der Waals surface area contributed by atoms with E-state index in [1.807, 2.05) is 0 Å². The predicted octanol–water partition coefficient (Wildman–Crippen LogP) is -1.94. The van der Waals surface area contributed by atoms with Crippen LogP contribution < -0.4 is 51.4 Å². The summed E-state index contributed by atoms with van der Waals surface area (Å²) >= 11 is 0. The van der Waals surface area contributed by atoms with Crippen molar-refractivity contribution in [3.05, 3.63) is 24.9 Å². The first-order chi connectivity index (χ1) is 3.43. The van der Waals surface area contributed by atoms with Crippen LogP contribution in [0.15, 0.2) is 16.8 Å². The number of rotatable bonds is 1. The van der Waals surface area contributed by atoms with E-state index in [0.29, 0.717) is 6.42 Å². The second kappa shape index (κ2) is 4.70. The monoisotopic (exact) mass is 135 g/mol. The summed E-state index contributed by atoms with van der Waals surface area (Å²) in [5, 5.41) is 3.48. The van der Waals surface area contributed by atoms with Gasteiger partial charge in [-0.25, -0.2) is 0 Å². The average molecular weight is 135 g/mol. The van der Waals surface area contributed by atoms with Crippen molar-refractivity contribution < 1.29 is 55.9 Å². The summed E-state index contributed by atoms with van der Waals surface area (Å²) in [6, 6.07) is 1.80. The molecule has 0 spiro atoms. The third kappa shape index (κ3) is 2.41. The van der Waals surface area contributed by atoms with Gasteiger partial charge in [0.05, 0.1) is 6.20 Å². The smallest absolute Gasteiger partial charge is 0.364 e. The molecule has 0 saturated heterocycles. The van der Waals surface area contributed by atoms with Crippen molar-refractivity contribution in [2.24, 2.45) is 0 Å². The fourth-order valence-electron chi connectivity index (χ4n) is 0.371. The van der Waals surface area contributed by atoms with Crippen LogP contribution in [0.25, 0.3) is 0 Å². The first-order valence-electron chi connectivity index (χ1n) is 2.12. The zero-order chi connectivity index (χ0) is 5.11. The van der Waals surface area contributed by atoms with Crippen molar-refractivity contribution in [3.8, 4) is 0 Å². The molecule has 0 amide bonds. The van der Waals surface area contributed by atoms with Gasteiger partial charge in [0.15, 0.2) is 0 Å². The Kier molecular flexibility index (Phi) is 5.20. The molecule has 1 heterocycles. The fraction of sp³-hybridized carbons (Fsp3) is 0.200. The van der Waals surface area contributed by atoms with Gasteiger partial charge in [0.2, 0.25) is 0 Å². The molecule has 1 aromatic rings. The first kappa shape index (κ1) is 8.85. The molecule has 0 bridgehead atoms. The Bertz CT molecular complexity index is 127. The van der Waals surface area contributed by atoms with Crippen molar-refractivity contribution in [1.82, 2.24) is 5.16 Å². The van der Waals surface area contributed by atoms with E-state index in [2.05, 4.69) is 16.6 Å². The number of aromatic nitrogens is 1. The molecular formula is C5H6KNO. The van der Waals surface area contributed by atoms with E-state index in [0.717, 1.165) is 5.76 Å². The molecule has 0 N–H and O–H groups in total. The maximum absolute atomic E-state index is 4.67. The molecule has 3 heteroatoms. The number of hydrogen-bond donors (Lipinski definition) is 0. The van der Waals surface area contributed by atoms with E-state index in [-0.39, 0.29) is 51.4 Å². The van der Waals surface area contributed by atoms with Crippen LogP contribution in [-0.4, -0.2) is 5.16 Å². The third-order valence-electron chi connectivity index (χ3n) is 0.738. The summed E-state index contributed by atoms with van der Waals surface area (Å²) in [6.07, 6.45) is 2.29. The zero-order valence-electron chi connectivity index (χ0n) is 4.92. The van der Waals surface area contributed by atoms with Gasteiger partial charge in [-0.3, -0.25) is 0 Å². The molecule has 1 aromatic heterocycles. The molecule has 0 aromatic carbocycles. The van der Waals surface area contributed by atoms with Gasteiger partial charge in [-0.2, -0.15) is 0 Å². The van der Waals surface area contributed by atoms with E-state index < -0.39 is 0 Å². The quantitative estimate of drug-likeness (QED) is 0.330. The second-order valence-corrected chi connectivity index (χ2v) is 1.23. The Morgan fingerprint density at radius 2 is 2.50 bits per heavy atom. The minimum absolute atomic E-state index is 0. The Hall–Kier alpha value is 0.846. The number of nitrogens with zero attached hydrogens (tertiary/aromatic N) is 1. The molecule has 0 saturated carbocycles. The maximum Gasteiger partial charge on any atom is 1.00 e. The topological polar surface area (TPSA) is 26.0 Å². The van der Waals surface area contributed by atoms with Gasteiger partial charge in [0, 0.05) is 0 Å². The first-order valence-corrected chi connectivity index (χ1v) is 2.12. The van der Waals surface area contributed by atoms with Crippen LogP contribution in [0.5, 0.6) is 0 Å². The van der Waals surface area contributed by atoms with Crippen molar-refractivity contribution in [2.75, 3.05) is 0 Å². The molecule has 0 aliphatic carbocycles. The van der Waals surface area contributed by atoms with E-state index in [9.17, 15) is 0 Å². The van der Waals surface area contributed by atoms with Gasteiger partial charge in [-0.1, -0.05) is 5.16 Å². The Balaban J connectivity index is 0.000000490. The molecule has 0 radical (unpaired) electrons. The molecule has 1 rings (SSSR count). The van der Waals surface area contributed by atoms with Gasteiger partial charge in [0.25, 0.3) is 0 Å². The van der Waals surface area contributed by atoms with Crippen LogP contribution in [0.1, 0.15) is 5.76 Å². The Labute approximate surface area is 91.0 Å². The Morgan fingerprint density at radius 1 is 1.75 bits per heavy atom. The van der Waals surface area contributed by atoms with E-state index in [1.165, 1.54) is 0 Å². The van der Waals surface area contributed by atoms with Crippen LogP contribution in [-0.2, 0) is 6.42 Å². The van der Waals surface area contributed by atoms with Crippen LogP contribution in [0, 0.1) is 6.92 Å². The van der Waals surface area contributed by atoms with Crippen LogP contribution in [0.2, 0.25) is 0 Å². The third-order valence-corrected chi connectivity index (χ3v) is 0.738. The van der Waals surface area contributed by atoms with Crippen LogP contribution in [0.4, 0.5) is 0 Å². The van der Waals surface area contributed by atoms with E-state index in [1.54, 1.807) is 12.3 Å². The number of hydrogen-bond acceptors (Lipinski definition) is 2. The minimum atomic E-state index is 0. The normalized spacial score (nSPS) is 8.12. The summed E-state index contributed by atoms with van der Waals surface area (Å²) in [5.41, 5.74) is 0. The van der Waals surface area contributed by atoms with Crippen molar-refractivity contribution in [1.29, 1.82) is 0 Å². The summed E-state index contributed by atoms with van der Waals surface area (Å²) in [5.74, 6) is 0.833. The van der Waals surface area contributed by atoms with Crippen molar-refractivity contribution >= 4 is 0 Å². The molecule has 38 valence electrons. The predicted molar refractivity (Wildman–Crippen MR) is 25.6 cm³/mol. The molecule has 0 aliphatic heterocycles. The molecule has 0 unspecified atom stereocenters. The molecule has 0 fully saturated rings. The summed E-state index contributed by atoms with van der Waals surface area (Å²) in [4.78, 5) is 0. The molecule has 0 atom stereocenters. The van der Waals surface area contributed by atoms with Gasteiger partial charge in [-0.05, 0) is 6.07 Å².